The van der Waals surface area contributed by atoms with Crippen molar-refractivity contribution in [2.45, 2.75) is 26.6 Å². The van der Waals surface area contributed by atoms with Crippen LogP contribution < -0.4 is 5.32 Å². The summed E-state index contributed by atoms with van der Waals surface area (Å²) in [6.07, 6.45) is -4.11. The van der Waals surface area contributed by atoms with E-state index in [2.05, 4.69) is 10.1 Å². The van der Waals surface area contributed by atoms with Crippen molar-refractivity contribution in [1.29, 1.82) is 0 Å². The number of methoxy groups -OCH3 is 1. The second kappa shape index (κ2) is 8.25. The summed E-state index contributed by atoms with van der Waals surface area (Å²) in [5, 5.41) is 2.70. The van der Waals surface area contributed by atoms with E-state index in [0.29, 0.717) is 5.69 Å². The number of carbonyl (C=O) groups excluding carboxylic acids is 3. The molecule has 1 amide bonds. The van der Waals surface area contributed by atoms with E-state index >= 15 is 0 Å². The number of hydrogen-bond donors (Lipinski definition) is 1. The van der Waals surface area contributed by atoms with Gasteiger partial charge >= 0.3 is 12.1 Å². The Labute approximate surface area is 175 Å². The molecule has 0 radical (unpaired) electrons. The summed E-state index contributed by atoms with van der Waals surface area (Å²) in [5.74, 6) is -3.23. The number of nitrogens with one attached hydrogen (secondary N) is 1. The van der Waals surface area contributed by atoms with Crippen molar-refractivity contribution in [2.24, 2.45) is 0 Å². The number of carbonyl (C=O) groups is 3. The Morgan fingerprint density at radius 3 is 2.42 bits per heavy atom. The van der Waals surface area contributed by atoms with Gasteiger partial charge in [0.2, 0.25) is 5.91 Å². The Hall–Kier alpha value is -3.62. The predicted molar refractivity (Wildman–Crippen MR) is 108 cm³/mol. The van der Waals surface area contributed by atoms with Crippen LogP contribution in [0.5, 0.6) is 0 Å². The molecule has 3 aromatic rings. The number of amides is 1. The number of aryl methyl sites for hydroxylation is 2. The Morgan fingerprint density at radius 2 is 1.77 bits per heavy atom. The van der Waals surface area contributed by atoms with Crippen LogP contribution >= 0.6 is 0 Å². The highest BCUT2D eigenvalue weighted by Crippen LogP contribution is 2.29. The molecule has 0 aliphatic rings. The van der Waals surface area contributed by atoms with Gasteiger partial charge in [-0.1, -0.05) is 18.2 Å². The van der Waals surface area contributed by atoms with Crippen molar-refractivity contribution in [1.82, 2.24) is 4.57 Å². The highest BCUT2D eigenvalue weighted by atomic mass is 19.4. The quantitative estimate of drug-likeness (QED) is 0.478. The molecule has 0 saturated carbocycles. The summed E-state index contributed by atoms with van der Waals surface area (Å²) in [6, 6.07) is 9.28. The molecule has 1 heterocycles. The minimum absolute atomic E-state index is 0.0190. The second-order valence-corrected chi connectivity index (χ2v) is 7.09. The van der Waals surface area contributed by atoms with Crippen LogP contribution in [0.4, 0.5) is 18.9 Å². The smallest absolute Gasteiger partial charge is 0.454 e. The van der Waals surface area contributed by atoms with Gasteiger partial charge in [-0.3, -0.25) is 9.59 Å². The van der Waals surface area contributed by atoms with Crippen molar-refractivity contribution >= 4 is 34.3 Å². The number of alkyl halides is 3. The summed E-state index contributed by atoms with van der Waals surface area (Å²) in [4.78, 5) is 36.3. The third-order valence-corrected chi connectivity index (χ3v) is 4.79. The van der Waals surface area contributed by atoms with Crippen LogP contribution in [0.2, 0.25) is 0 Å². The van der Waals surface area contributed by atoms with E-state index in [0.717, 1.165) is 17.3 Å². The highest BCUT2D eigenvalue weighted by Gasteiger charge is 2.41. The molecule has 0 fully saturated rings. The zero-order valence-electron chi connectivity index (χ0n) is 17.0. The Balaban J connectivity index is 2.03. The third-order valence-electron chi connectivity index (χ3n) is 4.79. The van der Waals surface area contributed by atoms with Gasteiger partial charge in [0.15, 0.2) is 0 Å². The molecule has 0 aliphatic carbocycles. The van der Waals surface area contributed by atoms with Gasteiger partial charge in [0, 0.05) is 17.3 Å². The third kappa shape index (κ3) is 4.60. The maximum atomic E-state index is 13.1. The second-order valence-electron chi connectivity index (χ2n) is 7.09. The van der Waals surface area contributed by atoms with Gasteiger partial charge in [-0.25, -0.2) is 4.79 Å². The summed E-state index contributed by atoms with van der Waals surface area (Å²) in [6.45, 7) is 3.31. The number of anilines is 1. The molecular formula is C22H19F3N2O4. The van der Waals surface area contributed by atoms with Gasteiger partial charge in [-0.05, 0) is 43.2 Å². The van der Waals surface area contributed by atoms with Gasteiger partial charge in [0.05, 0.1) is 23.8 Å². The van der Waals surface area contributed by atoms with Gasteiger partial charge in [0.25, 0.3) is 5.78 Å². The minimum atomic E-state index is -5.08. The fourth-order valence-corrected chi connectivity index (χ4v) is 3.22. The highest BCUT2D eigenvalue weighted by molar-refractivity contribution is 6.11. The van der Waals surface area contributed by atoms with Crippen LogP contribution in [-0.2, 0) is 16.1 Å². The number of Topliss-reactive ketones (excluding diaryl/α,β-unsaturated/α-hetero) is 1. The predicted octanol–water partition coefficient (Wildman–Crippen LogP) is 4.43. The first kappa shape index (κ1) is 22.1. The molecule has 9 heteroatoms. The maximum absolute atomic E-state index is 13.1. The first-order chi connectivity index (χ1) is 14.5. The lowest BCUT2D eigenvalue weighted by atomic mass is 10.1. The number of aromatic nitrogens is 1. The van der Waals surface area contributed by atoms with Crippen molar-refractivity contribution in [3.8, 4) is 0 Å². The molecule has 0 spiro atoms. The number of halogens is 3. The number of rotatable bonds is 5. The van der Waals surface area contributed by atoms with Crippen LogP contribution in [0, 0.1) is 13.8 Å². The van der Waals surface area contributed by atoms with Crippen LogP contribution in [-0.4, -0.2) is 35.5 Å². The first-order valence-electron chi connectivity index (χ1n) is 9.21. The lowest BCUT2D eigenvalue weighted by Crippen LogP contribution is -2.22. The van der Waals surface area contributed by atoms with Crippen molar-refractivity contribution in [2.75, 3.05) is 12.4 Å². The van der Waals surface area contributed by atoms with Crippen molar-refractivity contribution in [3.63, 3.8) is 0 Å². The largest absolute Gasteiger partial charge is 0.465 e. The molecule has 1 aromatic heterocycles. The molecule has 1 N–H and O–H groups in total. The molecule has 0 saturated heterocycles. The number of fused-ring (bicyclic) bond motifs is 1. The number of hydrogen-bond acceptors (Lipinski definition) is 4. The summed E-state index contributed by atoms with van der Waals surface area (Å²) in [7, 11) is 1.17. The zero-order valence-corrected chi connectivity index (χ0v) is 17.0. The van der Waals surface area contributed by atoms with E-state index in [1.54, 1.807) is 6.07 Å². The number of benzene rings is 2. The van der Waals surface area contributed by atoms with Crippen LogP contribution in [0.15, 0.2) is 42.6 Å². The fourth-order valence-electron chi connectivity index (χ4n) is 3.22. The monoisotopic (exact) mass is 432 g/mol. The van der Waals surface area contributed by atoms with Crippen molar-refractivity contribution in [3.05, 3.63) is 64.8 Å². The van der Waals surface area contributed by atoms with Crippen LogP contribution in [0.3, 0.4) is 0 Å². The van der Waals surface area contributed by atoms with E-state index in [-0.39, 0.29) is 23.0 Å². The SMILES string of the molecule is COC(=O)c1ccc2c(C(=O)C(F)(F)F)cn(CC(=O)Nc3cc(C)ccc3C)c2c1. The molecule has 6 nitrogen and oxygen atoms in total. The molecule has 31 heavy (non-hydrogen) atoms. The van der Waals surface area contributed by atoms with Gasteiger partial charge in [0.1, 0.15) is 6.54 Å². The molecule has 3 rings (SSSR count). The number of nitrogens with zero attached hydrogens (tertiary/aromatic N) is 1. The normalized spacial score (nSPS) is 11.4. The number of esters is 1. The van der Waals surface area contributed by atoms with E-state index < -0.39 is 29.4 Å². The molecule has 0 aliphatic heterocycles. The number of ether oxygens (including phenoxy) is 1. The van der Waals surface area contributed by atoms with Gasteiger partial charge < -0.3 is 14.6 Å². The Kier molecular flexibility index (Phi) is 5.88. The molecule has 0 unspecified atom stereocenters. The van der Waals surface area contributed by atoms with Crippen molar-refractivity contribution < 1.29 is 32.3 Å². The maximum Gasteiger partial charge on any atom is 0.454 e. The van der Waals surface area contributed by atoms with E-state index in [9.17, 15) is 27.6 Å². The molecule has 2 aromatic carbocycles. The first-order valence-corrected chi connectivity index (χ1v) is 9.21. The average molecular weight is 432 g/mol. The lowest BCUT2D eigenvalue weighted by molar-refractivity contribution is -0.116. The van der Waals surface area contributed by atoms with E-state index in [1.807, 2.05) is 26.0 Å². The molecular weight excluding hydrogens is 413 g/mol. The summed E-state index contributed by atoms with van der Waals surface area (Å²) >= 11 is 0. The summed E-state index contributed by atoms with van der Waals surface area (Å²) in [5.41, 5.74) is 1.92. The van der Waals surface area contributed by atoms with Crippen LogP contribution in [0.1, 0.15) is 31.8 Å². The minimum Gasteiger partial charge on any atom is -0.465 e. The molecule has 0 atom stereocenters. The summed E-state index contributed by atoms with van der Waals surface area (Å²) < 4.78 is 45.0. The fraction of sp³-hybridized carbons (Fsp3) is 0.227. The Bertz CT molecular complexity index is 1200. The van der Waals surface area contributed by atoms with E-state index in [1.165, 1.54) is 29.9 Å². The van der Waals surface area contributed by atoms with E-state index in [4.69, 9.17) is 0 Å². The Morgan fingerprint density at radius 1 is 1.06 bits per heavy atom. The standard InChI is InChI=1S/C22H19F3N2O4/c1-12-4-5-13(2)17(8-12)26-19(28)11-27-10-16(20(29)22(23,24)25)15-7-6-14(9-18(15)27)21(30)31-3/h4-10H,11H2,1-3H3,(H,26,28). The van der Waals surface area contributed by atoms with Gasteiger partial charge in [-0.2, -0.15) is 13.2 Å². The topological polar surface area (TPSA) is 77.4 Å². The molecule has 0 bridgehead atoms. The number of ketones is 1. The van der Waals surface area contributed by atoms with Crippen LogP contribution in [0.25, 0.3) is 10.9 Å². The molecule has 162 valence electrons. The average Bonchev–Trinajstić information content (AvgIpc) is 3.06. The zero-order chi connectivity index (χ0) is 22.9. The lowest BCUT2D eigenvalue weighted by Gasteiger charge is -2.11. The van der Waals surface area contributed by atoms with Gasteiger partial charge in [-0.15, -0.1) is 0 Å².